The molecule has 2 aliphatic rings. The summed E-state index contributed by atoms with van der Waals surface area (Å²) in [5, 5.41) is 5.12. The Labute approximate surface area is 158 Å². The van der Waals surface area contributed by atoms with Crippen LogP contribution in [0, 0.1) is 5.92 Å². The molecule has 0 bridgehead atoms. The summed E-state index contributed by atoms with van der Waals surface area (Å²) in [6.45, 7) is 2.85. The smallest absolute Gasteiger partial charge is 0.355 e. The molecule has 26 heavy (non-hydrogen) atoms. The number of carbonyl (C=O) groups excluding carboxylic acids is 4. The first kappa shape index (κ1) is 18.3. The minimum Gasteiger partial charge on any atom is -0.461 e. The van der Waals surface area contributed by atoms with E-state index < -0.39 is 35.7 Å². The molecule has 1 saturated heterocycles. The molecule has 0 spiro atoms. The molecule has 0 aromatic heterocycles. The summed E-state index contributed by atoms with van der Waals surface area (Å²) in [6, 6.07) is 3.02. The number of ether oxygens (including phenoxy) is 1. The van der Waals surface area contributed by atoms with Crippen LogP contribution in [-0.2, 0) is 23.9 Å². The Hall–Kier alpha value is -2.45. The standard InChI is InChI=1S/C16H13Cl2N3O5/c1-3-26-16(25)12-11-13(21(19-12)7(2)22)15(24)20(14(11)23)8-4-5-9(17)10(18)6-8/h4-6,11,13H,3H2,1-2H3/t11-,13+/m1/s1. The number of hydrogen-bond donors (Lipinski definition) is 0. The van der Waals surface area contributed by atoms with Gasteiger partial charge in [0.2, 0.25) is 11.8 Å². The quantitative estimate of drug-likeness (QED) is 0.570. The molecule has 1 fully saturated rings. The van der Waals surface area contributed by atoms with Gasteiger partial charge in [0.25, 0.3) is 5.91 Å². The molecule has 1 aromatic rings. The SMILES string of the molecule is CCOC(=O)C1=NN(C(C)=O)[C@@H]2C(=O)N(c3ccc(Cl)c(Cl)c3)C(=O)[C@H]12. The first-order chi connectivity index (χ1) is 12.3. The average Bonchev–Trinajstić information content (AvgIpc) is 3.09. The highest BCUT2D eigenvalue weighted by atomic mass is 35.5. The number of benzene rings is 1. The number of anilines is 1. The van der Waals surface area contributed by atoms with E-state index in [9.17, 15) is 19.2 Å². The largest absolute Gasteiger partial charge is 0.461 e. The summed E-state index contributed by atoms with van der Waals surface area (Å²) in [5.74, 6) is -4.01. The summed E-state index contributed by atoms with van der Waals surface area (Å²) in [5.41, 5.74) is -0.0801. The van der Waals surface area contributed by atoms with Gasteiger partial charge in [-0.3, -0.25) is 14.4 Å². The van der Waals surface area contributed by atoms with E-state index in [1.54, 1.807) is 6.92 Å². The lowest BCUT2D eigenvalue weighted by molar-refractivity contribution is -0.136. The summed E-state index contributed by atoms with van der Waals surface area (Å²) >= 11 is 11.8. The van der Waals surface area contributed by atoms with Gasteiger partial charge in [-0.2, -0.15) is 5.10 Å². The van der Waals surface area contributed by atoms with E-state index in [4.69, 9.17) is 27.9 Å². The number of esters is 1. The zero-order valence-electron chi connectivity index (χ0n) is 13.7. The van der Waals surface area contributed by atoms with Crippen LogP contribution in [-0.4, -0.2) is 47.1 Å². The van der Waals surface area contributed by atoms with E-state index in [-0.39, 0.29) is 28.1 Å². The van der Waals surface area contributed by atoms with Gasteiger partial charge in [-0.05, 0) is 25.1 Å². The summed E-state index contributed by atoms with van der Waals surface area (Å²) in [7, 11) is 0. The van der Waals surface area contributed by atoms with Crippen molar-refractivity contribution in [2.75, 3.05) is 11.5 Å². The maximum absolute atomic E-state index is 12.9. The lowest BCUT2D eigenvalue weighted by atomic mass is 9.98. The number of amides is 3. The molecule has 3 rings (SSSR count). The number of imide groups is 1. The molecule has 136 valence electrons. The van der Waals surface area contributed by atoms with Crippen LogP contribution in [0.5, 0.6) is 0 Å². The van der Waals surface area contributed by atoms with Crippen molar-refractivity contribution >= 4 is 58.3 Å². The van der Waals surface area contributed by atoms with Gasteiger partial charge in [0.05, 0.1) is 22.3 Å². The predicted octanol–water partition coefficient (Wildman–Crippen LogP) is 1.63. The van der Waals surface area contributed by atoms with Crippen molar-refractivity contribution in [2.24, 2.45) is 11.0 Å². The normalized spacial score (nSPS) is 21.8. The minimum atomic E-state index is -1.23. The van der Waals surface area contributed by atoms with Gasteiger partial charge in [-0.1, -0.05) is 23.2 Å². The molecule has 0 unspecified atom stereocenters. The zero-order valence-corrected chi connectivity index (χ0v) is 15.2. The van der Waals surface area contributed by atoms with Crippen molar-refractivity contribution in [1.29, 1.82) is 0 Å². The molecular weight excluding hydrogens is 385 g/mol. The zero-order chi connectivity index (χ0) is 19.2. The van der Waals surface area contributed by atoms with Crippen LogP contribution in [0.15, 0.2) is 23.3 Å². The molecule has 0 N–H and O–H groups in total. The number of hydrogen-bond acceptors (Lipinski definition) is 6. The molecule has 3 amide bonds. The Bertz CT molecular complexity index is 869. The van der Waals surface area contributed by atoms with Crippen LogP contribution >= 0.6 is 23.2 Å². The van der Waals surface area contributed by atoms with Crippen LogP contribution in [0.1, 0.15) is 13.8 Å². The highest BCUT2D eigenvalue weighted by Crippen LogP contribution is 2.37. The van der Waals surface area contributed by atoms with Crippen molar-refractivity contribution in [3.05, 3.63) is 28.2 Å². The molecule has 0 saturated carbocycles. The number of fused-ring (bicyclic) bond motifs is 1. The topological polar surface area (TPSA) is 96.3 Å². The van der Waals surface area contributed by atoms with Crippen molar-refractivity contribution in [3.63, 3.8) is 0 Å². The third-order valence-corrected chi connectivity index (χ3v) is 4.76. The molecule has 2 atom stereocenters. The second-order valence-corrected chi connectivity index (χ2v) is 6.42. The number of nitrogens with zero attached hydrogens (tertiary/aromatic N) is 3. The molecule has 1 aromatic carbocycles. The minimum absolute atomic E-state index is 0.0634. The molecule has 2 heterocycles. The van der Waals surface area contributed by atoms with Crippen LogP contribution < -0.4 is 4.90 Å². The van der Waals surface area contributed by atoms with Crippen molar-refractivity contribution in [2.45, 2.75) is 19.9 Å². The fourth-order valence-electron chi connectivity index (χ4n) is 2.93. The third kappa shape index (κ3) is 2.75. The van der Waals surface area contributed by atoms with E-state index in [2.05, 4.69) is 5.10 Å². The lowest BCUT2D eigenvalue weighted by Gasteiger charge is -2.19. The molecule has 2 aliphatic heterocycles. The Morgan fingerprint density at radius 3 is 2.46 bits per heavy atom. The van der Waals surface area contributed by atoms with Crippen LogP contribution in [0.25, 0.3) is 0 Å². The van der Waals surface area contributed by atoms with E-state index >= 15 is 0 Å². The van der Waals surface area contributed by atoms with Crippen LogP contribution in [0.3, 0.4) is 0 Å². The van der Waals surface area contributed by atoms with Crippen molar-refractivity contribution in [1.82, 2.24) is 5.01 Å². The van der Waals surface area contributed by atoms with Crippen molar-refractivity contribution in [3.8, 4) is 0 Å². The summed E-state index contributed by atoms with van der Waals surface area (Å²) in [4.78, 5) is 50.6. The highest BCUT2D eigenvalue weighted by Gasteiger charge is 2.59. The number of halogens is 2. The second-order valence-electron chi connectivity index (χ2n) is 5.60. The number of rotatable bonds is 3. The lowest BCUT2D eigenvalue weighted by Crippen LogP contribution is -2.41. The monoisotopic (exact) mass is 397 g/mol. The van der Waals surface area contributed by atoms with Gasteiger partial charge in [-0.25, -0.2) is 14.7 Å². The fraction of sp³-hybridized carbons (Fsp3) is 0.312. The molecular formula is C16H13Cl2N3O5. The van der Waals surface area contributed by atoms with E-state index in [0.29, 0.717) is 0 Å². The Kier molecular flexibility index (Phi) is 4.72. The predicted molar refractivity (Wildman–Crippen MR) is 92.8 cm³/mol. The Balaban J connectivity index is 2.05. The molecule has 0 aliphatic carbocycles. The van der Waals surface area contributed by atoms with Gasteiger partial charge in [0, 0.05) is 6.92 Å². The Morgan fingerprint density at radius 2 is 1.88 bits per heavy atom. The maximum atomic E-state index is 12.9. The van der Waals surface area contributed by atoms with Gasteiger partial charge in [-0.15, -0.1) is 0 Å². The molecule has 10 heteroatoms. The van der Waals surface area contributed by atoms with Gasteiger partial charge >= 0.3 is 5.97 Å². The van der Waals surface area contributed by atoms with Gasteiger partial charge < -0.3 is 4.74 Å². The van der Waals surface area contributed by atoms with E-state index in [0.717, 1.165) is 9.91 Å². The number of hydrazone groups is 1. The van der Waals surface area contributed by atoms with Crippen LogP contribution in [0.4, 0.5) is 5.69 Å². The van der Waals surface area contributed by atoms with E-state index in [1.807, 2.05) is 0 Å². The van der Waals surface area contributed by atoms with Crippen molar-refractivity contribution < 1.29 is 23.9 Å². The Morgan fingerprint density at radius 1 is 1.19 bits per heavy atom. The first-order valence-electron chi connectivity index (χ1n) is 7.66. The maximum Gasteiger partial charge on any atom is 0.355 e. The first-order valence-corrected chi connectivity index (χ1v) is 8.41. The average molecular weight is 398 g/mol. The molecule has 0 radical (unpaired) electrons. The second kappa shape index (κ2) is 6.69. The third-order valence-electron chi connectivity index (χ3n) is 4.02. The van der Waals surface area contributed by atoms with Gasteiger partial charge in [0.15, 0.2) is 11.8 Å². The highest BCUT2D eigenvalue weighted by molar-refractivity contribution is 6.47. The molecule has 8 nitrogen and oxygen atoms in total. The fourth-order valence-corrected chi connectivity index (χ4v) is 3.22. The number of carbonyl (C=O) groups is 4. The van der Waals surface area contributed by atoms with E-state index in [1.165, 1.54) is 25.1 Å². The van der Waals surface area contributed by atoms with Crippen LogP contribution in [0.2, 0.25) is 10.0 Å². The summed E-state index contributed by atoms with van der Waals surface area (Å²) < 4.78 is 4.89. The summed E-state index contributed by atoms with van der Waals surface area (Å²) in [6.07, 6.45) is 0. The van der Waals surface area contributed by atoms with Gasteiger partial charge in [0.1, 0.15) is 5.92 Å².